The second kappa shape index (κ2) is 7.40. The van der Waals surface area contributed by atoms with Gasteiger partial charge in [-0.3, -0.25) is 9.78 Å². The van der Waals surface area contributed by atoms with Crippen molar-refractivity contribution < 1.29 is 9.53 Å². The van der Waals surface area contributed by atoms with Gasteiger partial charge in [0.15, 0.2) is 0 Å². The Morgan fingerprint density at radius 3 is 2.85 bits per heavy atom. The summed E-state index contributed by atoms with van der Waals surface area (Å²) >= 11 is 0. The molecule has 4 rings (SSSR count). The van der Waals surface area contributed by atoms with E-state index < -0.39 is 0 Å². The number of hydrogen-bond donors (Lipinski definition) is 1. The Morgan fingerprint density at radius 1 is 1.30 bits per heavy atom. The van der Waals surface area contributed by atoms with E-state index in [1.165, 1.54) is 0 Å². The summed E-state index contributed by atoms with van der Waals surface area (Å²) in [4.78, 5) is 25.8. The third kappa shape index (κ3) is 3.66. The Bertz CT molecular complexity index is 949. The number of aromatic nitrogens is 5. The highest BCUT2D eigenvalue weighted by Gasteiger charge is 2.28. The first-order valence-corrected chi connectivity index (χ1v) is 9.11. The van der Waals surface area contributed by atoms with Crippen molar-refractivity contribution in [1.29, 1.82) is 0 Å². The van der Waals surface area contributed by atoms with Crippen molar-refractivity contribution >= 4 is 11.7 Å². The fraction of sp³-hybridized carbons (Fsp3) is 0.421. The van der Waals surface area contributed by atoms with Crippen LogP contribution in [0.15, 0.2) is 30.6 Å². The van der Waals surface area contributed by atoms with Crippen LogP contribution in [0.2, 0.25) is 0 Å². The third-order valence-corrected chi connectivity index (χ3v) is 4.89. The van der Waals surface area contributed by atoms with E-state index in [1.54, 1.807) is 16.9 Å². The highest BCUT2D eigenvalue weighted by Crippen LogP contribution is 2.30. The predicted molar refractivity (Wildman–Crippen MR) is 98.2 cm³/mol. The van der Waals surface area contributed by atoms with Gasteiger partial charge in [0.05, 0.1) is 6.04 Å². The van der Waals surface area contributed by atoms with Crippen molar-refractivity contribution in [2.75, 3.05) is 13.2 Å². The van der Waals surface area contributed by atoms with Crippen LogP contribution in [-0.2, 0) is 4.74 Å². The molecule has 3 aromatic heterocycles. The molecule has 1 fully saturated rings. The number of ether oxygens (including phenoxy) is 1. The van der Waals surface area contributed by atoms with Crippen LogP contribution >= 0.6 is 0 Å². The molecule has 0 spiro atoms. The summed E-state index contributed by atoms with van der Waals surface area (Å²) in [6.45, 7) is 5.21. The van der Waals surface area contributed by atoms with Gasteiger partial charge in [-0.1, -0.05) is 6.07 Å². The fourth-order valence-corrected chi connectivity index (χ4v) is 3.55. The summed E-state index contributed by atoms with van der Waals surface area (Å²) in [6.07, 6.45) is 5.30. The quantitative estimate of drug-likeness (QED) is 0.759. The van der Waals surface area contributed by atoms with E-state index in [9.17, 15) is 4.79 Å². The SMILES string of the molecule is Cc1cc(C)n2nc(C(=O)N[C@@H](c3cccnc3)C3CCOCC3)nc2n1. The average molecular weight is 366 g/mol. The molecule has 27 heavy (non-hydrogen) atoms. The maximum atomic E-state index is 12.9. The third-order valence-electron chi connectivity index (χ3n) is 4.89. The first-order chi connectivity index (χ1) is 13.1. The maximum Gasteiger partial charge on any atom is 0.291 e. The monoisotopic (exact) mass is 366 g/mol. The molecule has 0 aliphatic carbocycles. The smallest absolute Gasteiger partial charge is 0.291 e. The standard InChI is InChI=1S/C19H22N6O2/c1-12-10-13(2)25-19(21-12)23-17(24-25)18(26)22-16(14-5-8-27-9-6-14)15-4-3-7-20-11-15/h3-4,7,10-11,14,16H,5-6,8-9H2,1-2H3,(H,22,26)/t16-/m1/s1. The Kier molecular flexibility index (Phi) is 4.81. The Labute approximate surface area is 157 Å². The summed E-state index contributed by atoms with van der Waals surface area (Å²) in [6, 6.07) is 5.62. The van der Waals surface area contributed by atoms with Gasteiger partial charge in [0.25, 0.3) is 11.7 Å². The molecule has 8 heteroatoms. The summed E-state index contributed by atoms with van der Waals surface area (Å²) in [5.74, 6) is 0.530. The zero-order valence-electron chi connectivity index (χ0n) is 15.4. The first-order valence-electron chi connectivity index (χ1n) is 9.11. The molecular formula is C19H22N6O2. The summed E-state index contributed by atoms with van der Waals surface area (Å²) in [5, 5.41) is 7.45. The molecule has 140 valence electrons. The molecule has 4 heterocycles. The number of hydrogen-bond acceptors (Lipinski definition) is 6. The lowest BCUT2D eigenvalue weighted by molar-refractivity contribution is 0.0512. The number of carbonyl (C=O) groups excluding carboxylic acids is 1. The fourth-order valence-electron chi connectivity index (χ4n) is 3.55. The zero-order valence-corrected chi connectivity index (χ0v) is 15.4. The van der Waals surface area contributed by atoms with Crippen LogP contribution in [-0.4, -0.2) is 43.7 Å². The lowest BCUT2D eigenvalue weighted by Crippen LogP contribution is -2.36. The number of aryl methyl sites for hydroxylation is 2. The molecule has 1 amide bonds. The van der Waals surface area contributed by atoms with Crippen molar-refractivity contribution in [3.8, 4) is 0 Å². The van der Waals surface area contributed by atoms with Gasteiger partial charge < -0.3 is 10.1 Å². The van der Waals surface area contributed by atoms with Crippen LogP contribution in [0, 0.1) is 19.8 Å². The normalized spacial score (nSPS) is 16.4. The minimum absolute atomic E-state index is 0.122. The molecule has 8 nitrogen and oxygen atoms in total. The van der Waals surface area contributed by atoms with Gasteiger partial charge in [-0.25, -0.2) is 9.50 Å². The van der Waals surface area contributed by atoms with Crippen LogP contribution in [0.1, 0.15) is 46.5 Å². The largest absolute Gasteiger partial charge is 0.381 e. The van der Waals surface area contributed by atoms with E-state index >= 15 is 0 Å². The molecule has 1 saturated heterocycles. The highest BCUT2D eigenvalue weighted by molar-refractivity contribution is 5.91. The minimum atomic E-state index is -0.308. The van der Waals surface area contributed by atoms with Gasteiger partial charge in [0, 0.05) is 37.0 Å². The molecule has 0 radical (unpaired) electrons. The second-order valence-electron chi connectivity index (χ2n) is 6.87. The van der Waals surface area contributed by atoms with Gasteiger partial charge in [0.2, 0.25) is 5.82 Å². The van der Waals surface area contributed by atoms with Crippen LogP contribution in [0.5, 0.6) is 0 Å². The van der Waals surface area contributed by atoms with Crippen molar-refractivity contribution in [1.82, 2.24) is 29.9 Å². The molecule has 1 aliphatic rings. The molecule has 0 saturated carbocycles. The number of fused-ring (bicyclic) bond motifs is 1. The Hall–Kier alpha value is -2.87. The number of nitrogens with one attached hydrogen (secondary N) is 1. The van der Waals surface area contributed by atoms with Crippen molar-refractivity contribution in [2.45, 2.75) is 32.7 Å². The summed E-state index contributed by atoms with van der Waals surface area (Å²) in [7, 11) is 0. The van der Waals surface area contributed by atoms with Gasteiger partial charge in [-0.2, -0.15) is 4.98 Å². The summed E-state index contributed by atoms with van der Waals surface area (Å²) < 4.78 is 7.07. The number of carbonyl (C=O) groups is 1. The van der Waals surface area contributed by atoms with E-state index in [4.69, 9.17) is 4.74 Å². The lowest BCUT2D eigenvalue weighted by Gasteiger charge is -2.30. The van der Waals surface area contributed by atoms with Gasteiger partial charge in [0.1, 0.15) is 0 Å². The van der Waals surface area contributed by atoms with Crippen molar-refractivity contribution in [2.24, 2.45) is 5.92 Å². The summed E-state index contributed by atoms with van der Waals surface area (Å²) in [5.41, 5.74) is 2.71. The Balaban J connectivity index is 1.62. The van der Waals surface area contributed by atoms with Gasteiger partial charge >= 0.3 is 0 Å². The molecule has 1 aliphatic heterocycles. The zero-order chi connectivity index (χ0) is 18.8. The average Bonchev–Trinajstić information content (AvgIpc) is 3.12. The van der Waals surface area contributed by atoms with E-state index in [1.807, 2.05) is 32.0 Å². The minimum Gasteiger partial charge on any atom is -0.381 e. The van der Waals surface area contributed by atoms with Crippen molar-refractivity contribution in [3.63, 3.8) is 0 Å². The van der Waals surface area contributed by atoms with E-state index in [0.717, 1.165) is 29.8 Å². The van der Waals surface area contributed by atoms with E-state index in [2.05, 4.69) is 25.4 Å². The van der Waals surface area contributed by atoms with Gasteiger partial charge in [-0.05, 0) is 50.3 Å². The van der Waals surface area contributed by atoms with E-state index in [0.29, 0.717) is 19.0 Å². The Morgan fingerprint density at radius 2 is 2.11 bits per heavy atom. The van der Waals surface area contributed by atoms with Crippen molar-refractivity contribution in [3.05, 3.63) is 53.4 Å². The second-order valence-corrected chi connectivity index (χ2v) is 6.87. The van der Waals surface area contributed by atoms with Crippen LogP contribution in [0.25, 0.3) is 5.78 Å². The molecule has 3 aromatic rings. The lowest BCUT2D eigenvalue weighted by atomic mass is 9.87. The topological polar surface area (TPSA) is 94.3 Å². The van der Waals surface area contributed by atoms with Crippen LogP contribution in [0.4, 0.5) is 0 Å². The number of amides is 1. The number of pyridine rings is 1. The van der Waals surface area contributed by atoms with Gasteiger partial charge in [-0.15, -0.1) is 5.10 Å². The molecule has 0 bridgehead atoms. The van der Waals surface area contributed by atoms with E-state index in [-0.39, 0.29) is 23.7 Å². The number of nitrogens with zero attached hydrogens (tertiary/aromatic N) is 5. The number of rotatable bonds is 4. The molecule has 0 aromatic carbocycles. The van der Waals surface area contributed by atoms with Crippen LogP contribution in [0.3, 0.4) is 0 Å². The molecular weight excluding hydrogens is 344 g/mol. The molecule has 0 unspecified atom stereocenters. The first kappa shape index (κ1) is 17.5. The van der Waals surface area contributed by atoms with Crippen LogP contribution < -0.4 is 5.32 Å². The predicted octanol–water partition coefficient (Wildman–Crippen LogP) is 2.03. The highest BCUT2D eigenvalue weighted by atomic mass is 16.5. The molecule has 1 N–H and O–H groups in total. The maximum absolute atomic E-state index is 12.9. The molecule has 1 atom stereocenters.